The Morgan fingerprint density at radius 1 is 1.02 bits per heavy atom. The van der Waals surface area contributed by atoms with E-state index in [0.717, 1.165) is 25.7 Å². The van der Waals surface area contributed by atoms with Gasteiger partial charge in [-0.15, -0.1) is 0 Å². The molecule has 12 nitrogen and oxygen atoms in total. The van der Waals surface area contributed by atoms with Crippen LogP contribution >= 0.6 is 0 Å². The number of nitrogens with zero attached hydrogens (tertiary/aromatic N) is 2. The second kappa shape index (κ2) is 13.4. The molecule has 2 aromatic carbocycles. The maximum Gasteiger partial charge on any atom is 0.323 e. The van der Waals surface area contributed by atoms with Crippen molar-refractivity contribution in [1.29, 1.82) is 0 Å². The Morgan fingerprint density at radius 2 is 1.70 bits per heavy atom. The summed E-state index contributed by atoms with van der Waals surface area (Å²) in [6.07, 6.45) is 5.01. The Labute approximate surface area is 251 Å². The van der Waals surface area contributed by atoms with Gasteiger partial charge in [0.15, 0.2) is 11.5 Å². The fraction of sp³-hybridized carbons (Fsp3) is 0.516. The van der Waals surface area contributed by atoms with Crippen molar-refractivity contribution in [2.45, 2.75) is 64.1 Å². The summed E-state index contributed by atoms with van der Waals surface area (Å²) in [6, 6.07) is 9.06. The average Bonchev–Trinajstić information content (AvgIpc) is 3.47. The lowest BCUT2D eigenvalue weighted by Crippen LogP contribution is -2.52. The topological polar surface area (TPSA) is 142 Å². The fourth-order valence-corrected chi connectivity index (χ4v) is 5.67. The van der Waals surface area contributed by atoms with E-state index < -0.39 is 18.2 Å². The second-order valence-corrected chi connectivity index (χ2v) is 11.6. The molecule has 12 heteroatoms. The van der Waals surface area contributed by atoms with Crippen LogP contribution in [0.5, 0.6) is 17.2 Å². The zero-order valence-electron chi connectivity index (χ0n) is 24.9. The number of aliphatic hydroxyl groups excluding tert-OH is 1. The zero-order chi connectivity index (χ0) is 30.5. The minimum absolute atomic E-state index is 0.131. The van der Waals surface area contributed by atoms with Crippen LogP contribution in [0.3, 0.4) is 0 Å². The Kier molecular flexibility index (Phi) is 9.44. The van der Waals surface area contributed by atoms with Crippen LogP contribution in [0.25, 0.3) is 0 Å². The number of rotatable bonds is 7. The summed E-state index contributed by atoms with van der Waals surface area (Å²) < 4.78 is 17.1. The Bertz CT molecular complexity index is 1330. The number of hydrogen-bond acceptors (Lipinski definition) is 7. The zero-order valence-corrected chi connectivity index (χ0v) is 24.9. The number of likely N-dealkylation sites (N-methyl/N-ethyl adjacent to an activating group) is 1. The summed E-state index contributed by atoms with van der Waals surface area (Å²) in [5.74, 6) is 1.04. The fourth-order valence-electron chi connectivity index (χ4n) is 5.67. The van der Waals surface area contributed by atoms with Gasteiger partial charge in [-0.1, -0.05) is 26.2 Å². The molecule has 0 spiro atoms. The summed E-state index contributed by atoms with van der Waals surface area (Å²) in [5.41, 5.74) is 1.16. The quantitative estimate of drug-likeness (QED) is 0.375. The van der Waals surface area contributed by atoms with Crippen LogP contribution in [0.15, 0.2) is 36.4 Å². The normalized spacial score (nSPS) is 20.7. The number of carbonyl (C=O) groups excluding carboxylic acids is 3. The first-order valence-electron chi connectivity index (χ1n) is 14.9. The van der Waals surface area contributed by atoms with Gasteiger partial charge in [-0.3, -0.25) is 4.79 Å². The third-order valence-corrected chi connectivity index (χ3v) is 8.29. The van der Waals surface area contributed by atoms with Crippen molar-refractivity contribution in [1.82, 2.24) is 15.1 Å². The molecule has 3 atom stereocenters. The van der Waals surface area contributed by atoms with Crippen LogP contribution in [0.1, 0.15) is 56.3 Å². The van der Waals surface area contributed by atoms with Crippen molar-refractivity contribution in [3.8, 4) is 17.2 Å². The summed E-state index contributed by atoms with van der Waals surface area (Å²) in [5, 5.41) is 18.6. The Balaban J connectivity index is 1.32. The van der Waals surface area contributed by atoms with Gasteiger partial charge < -0.3 is 45.1 Å². The molecule has 2 aliphatic heterocycles. The number of anilines is 2. The van der Waals surface area contributed by atoms with Crippen LogP contribution in [-0.2, 0) is 0 Å². The van der Waals surface area contributed by atoms with Gasteiger partial charge in [0.05, 0.1) is 24.8 Å². The van der Waals surface area contributed by atoms with Crippen LogP contribution < -0.4 is 30.2 Å². The summed E-state index contributed by atoms with van der Waals surface area (Å²) >= 11 is 0. The third-order valence-electron chi connectivity index (χ3n) is 8.29. The highest BCUT2D eigenvalue weighted by Crippen LogP contribution is 2.34. The van der Waals surface area contributed by atoms with Crippen LogP contribution in [0.2, 0.25) is 0 Å². The SMILES string of the molecule is C[C@H](CO)N1C[C@H](C)[C@H](CN(C)C(=O)NC2CCCCC2)Oc2ccc(NC(=O)Nc3ccc4c(c3)OCO4)cc2C1=O. The van der Waals surface area contributed by atoms with E-state index in [4.69, 9.17) is 14.2 Å². The molecule has 0 unspecified atom stereocenters. The molecule has 0 saturated heterocycles. The van der Waals surface area contributed by atoms with E-state index >= 15 is 0 Å². The molecule has 4 N–H and O–H groups in total. The van der Waals surface area contributed by atoms with E-state index in [1.807, 2.05) is 6.92 Å². The summed E-state index contributed by atoms with van der Waals surface area (Å²) in [7, 11) is 1.75. The molecular weight excluding hydrogens is 554 g/mol. The number of urea groups is 2. The molecule has 2 aromatic rings. The monoisotopic (exact) mass is 595 g/mol. The molecule has 3 aliphatic rings. The van der Waals surface area contributed by atoms with Crippen molar-refractivity contribution >= 4 is 29.3 Å². The van der Waals surface area contributed by atoms with Gasteiger partial charge in [-0.25, -0.2) is 9.59 Å². The van der Waals surface area contributed by atoms with Gasteiger partial charge in [0.1, 0.15) is 11.9 Å². The van der Waals surface area contributed by atoms with E-state index in [0.29, 0.717) is 41.7 Å². The molecule has 1 saturated carbocycles. The maximum absolute atomic E-state index is 13.7. The van der Waals surface area contributed by atoms with Gasteiger partial charge in [0.25, 0.3) is 5.91 Å². The Morgan fingerprint density at radius 3 is 2.42 bits per heavy atom. The minimum Gasteiger partial charge on any atom is -0.487 e. The summed E-state index contributed by atoms with van der Waals surface area (Å²) in [4.78, 5) is 42.8. The van der Waals surface area contributed by atoms with E-state index in [-0.39, 0.29) is 42.9 Å². The minimum atomic E-state index is -0.504. The third kappa shape index (κ3) is 7.24. The summed E-state index contributed by atoms with van der Waals surface area (Å²) in [6.45, 7) is 4.32. The molecule has 5 amide bonds. The highest BCUT2D eigenvalue weighted by Gasteiger charge is 2.34. The predicted molar refractivity (Wildman–Crippen MR) is 161 cm³/mol. The first kappa shape index (κ1) is 30.3. The van der Waals surface area contributed by atoms with Gasteiger partial charge in [-0.05, 0) is 50.1 Å². The van der Waals surface area contributed by atoms with Crippen molar-refractivity contribution < 1.29 is 33.7 Å². The Hall–Kier alpha value is -4.19. The molecule has 43 heavy (non-hydrogen) atoms. The lowest BCUT2D eigenvalue weighted by Gasteiger charge is -2.38. The number of amides is 5. The van der Waals surface area contributed by atoms with Crippen LogP contribution in [0, 0.1) is 5.92 Å². The smallest absolute Gasteiger partial charge is 0.323 e. The van der Waals surface area contributed by atoms with Crippen LogP contribution in [0.4, 0.5) is 21.0 Å². The maximum atomic E-state index is 13.7. The number of ether oxygens (including phenoxy) is 3. The largest absolute Gasteiger partial charge is 0.487 e. The van der Waals surface area contributed by atoms with Crippen LogP contribution in [-0.4, -0.2) is 84.6 Å². The predicted octanol–water partition coefficient (Wildman–Crippen LogP) is 4.25. The van der Waals surface area contributed by atoms with Gasteiger partial charge in [0, 0.05) is 43.0 Å². The lowest BCUT2D eigenvalue weighted by molar-refractivity contribution is 0.0366. The van der Waals surface area contributed by atoms with Crippen molar-refractivity contribution in [2.75, 3.05) is 44.2 Å². The van der Waals surface area contributed by atoms with E-state index in [9.17, 15) is 19.5 Å². The number of nitrogens with one attached hydrogen (secondary N) is 3. The molecule has 0 bridgehead atoms. The molecule has 5 rings (SSSR count). The molecule has 1 fully saturated rings. The van der Waals surface area contributed by atoms with E-state index in [1.54, 1.807) is 60.2 Å². The first-order valence-corrected chi connectivity index (χ1v) is 14.9. The van der Waals surface area contributed by atoms with Gasteiger partial charge in [0.2, 0.25) is 6.79 Å². The van der Waals surface area contributed by atoms with E-state index in [2.05, 4.69) is 16.0 Å². The van der Waals surface area contributed by atoms with Gasteiger partial charge in [-0.2, -0.15) is 0 Å². The van der Waals surface area contributed by atoms with Crippen molar-refractivity contribution in [3.63, 3.8) is 0 Å². The van der Waals surface area contributed by atoms with Gasteiger partial charge >= 0.3 is 12.1 Å². The number of fused-ring (bicyclic) bond motifs is 2. The number of aliphatic hydroxyl groups is 1. The van der Waals surface area contributed by atoms with E-state index in [1.165, 1.54) is 6.42 Å². The number of carbonyl (C=O) groups is 3. The molecule has 0 radical (unpaired) electrons. The number of hydrogen-bond donors (Lipinski definition) is 4. The molecule has 0 aromatic heterocycles. The average molecular weight is 596 g/mol. The second-order valence-electron chi connectivity index (χ2n) is 11.6. The molecule has 232 valence electrons. The first-order chi connectivity index (χ1) is 20.7. The number of benzene rings is 2. The lowest BCUT2D eigenvalue weighted by atomic mass is 9.96. The van der Waals surface area contributed by atoms with Crippen molar-refractivity contribution in [3.05, 3.63) is 42.0 Å². The highest BCUT2D eigenvalue weighted by atomic mass is 16.7. The molecule has 2 heterocycles. The molecule has 1 aliphatic carbocycles. The standard InChI is InChI=1S/C31H41N5O7/c1-19-15-36(20(2)17-37)29(38)24-13-22(32-30(39)33-23-10-12-26-27(14-23)42-18-41-26)9-11-25(24)43-28(19)16-35(3)31(40)34-21-7-5-4-6-8-21/h9-14,19-21,28,37H,4-8,15-18H2,1-3H3,(H,34,40)(H2,32,33,39)/t19-,20+,28-/m0/s1. The highest BCUT2D eigenvalue weighted by molar-refractivity contribution is 6.02. The molecular formula is C31H41N5O7. The van der Waals surface area contributed by atoms with Crippen molar-refractivity contribution in [2.24, 2.45) is 5.92 Å².